The van der Waals surface area contributed by atoms with Crippen molar-refractivity contribution >= 4 is 5.91 Å². The molecule has 4 heteroatoms. The molecule has 25 heavy (non-hydrogen) atoms. The lowest BCUT2D eigenvalue weighted by molar-refractivity contribution is 0.0948. The van der Waals surface area contributed by atoms with Crippen molar-refractivity contribution in [3.63, 3.8) is 0 Å². The number of aryl methyl sites for hydroxylation is 1. The molecule has 4 rings (SSSR count). The van der Waals surface area contributed by atoms with Gasteiger partial charge in [0.05, 0.1) is 0 Å². The first-order valence-electron chi connectivity index (χ1n) is 9.10. The lowest BCUT2D eigenvalue weighted by Crippen LogP contribution is -2.32. The molecule has 130 valence electrons. The second kappa shape index (κ2) is 6.96. The van der Waals surface area contributed by atoms with Crippen LogP contribution in [-0.2, 0) is 19.4 Å². The number of hydrogen-bond acceptors (Lipinski definition) is 2. The first-order valence-corrected chi connectivity index (χ1v) is 9.10. The predicted molar refractivity (Wildman–Crippen MR) is 96.3 cm³/mol. The zero-order chi connectivity index (χ0) is 17.2. The number of halogens is 1. The molecule has 0 aromatic heterocycles. The van der Waals surface area contributed by atoms with Gasteiger partial charge in [-0.1, -0.05) is 24.3 Å². The van der Waals surface area contributed by atoms with E-state index >= 15 is 0 Å². The molecule has 2 aliphatic rings. The highest BCUT2D eigenvalue weighted by atomic mass is 19.1. The van der Waals surface area contributed by atoms with Crippen molar-refractivity contribution in [1.29, 1.82) is 0 Å². The van der Waals surface area contributed by atoms with Crippen LogP contribution in [-0.4, -0.2) is 19.0 Å². The number of benzene rings is 2. The van der Waals surface area contributed by atoms with E-state index in [0.29, 0.717) is 24.6 Å². The highest BCUT2D eigenvalue weighted by Crippen LogP contribution is 2.31. The van der Waals surface area contributed by atoms with Gasteiger partial charge in [0.2, 0.25) is 0 Å². The third-order valence-corrected chi connectivity index (χ3v) is 5.42. The average molecular weight is 338 g/mol. The first-order chi connectivity index (χ1) is 12.2. The predicted octanol–water partition coefficient (Wildman–Crippen LogP) is 3.32. The molecule has 1 unspecified atom stereocenters. The molecule has 0 bridgehead atoms. The number of hydrogen-bond donors (Lipinski definition) is 2. The van der Waals surface area contributed by atoms with Gasteiger partial charge < -0.3 is 10.6 Å². The molecule has 0 spiro atoms. The summed E-state index contributed by atoms with van der Waals surface area (Å²) in [6.45, 7) is 2.07. The van der Waals surface area contributed by atoms with Gasteiger partial charge in [-0.2, -0.15) is 0 Å². The Kier molecular flexibility index (Phi) is 4.53. The van der Waals surface area contributed by atoms with Crippen molar-refractivity contribution in [2.75, 3.05) is 13.1 Å². The van der Waals surface area contributed by atoms with E-state index in [9.17, 15) is 9.18 Å². The van der Waals surface area contributed by atoms with Crippen molar-refractivity contribution < 1.29 is 9.18 Å². The number of amides is 1. The van der Waals surface area contributed by atoms with Gasteiger partial charge in [-0.3, -0.25) is 4.79 Å². The molecule has 1 aliphatic heterocycles. The Hall–Kier alpha value is -2.20. The molecule has 2 aromatic carbocycles. The maximum absolute atomic E-state index is 13.9. The molecule has 2 N–H and O–H groups in total. The first kappa shape index (κ1) is 16.3. The third kappa shape index (κ3) is 3.31. The van der Waals surface area contributed by atoms with Gasteiger partial charge in [-0.05, 0) is 66.6 Å². The fourth-order valence-electron chi connectivity index (χ4n) is 4.16. The van der Waals surface area contributed by atoms with Crippen LogP contribution < -0.4 is 10.6 Å². The Labute approximate surface area is 147 Å². The summed E-state index contributed by atoms with van der Waals surface area (Å²) in [5, 5.41) is 6.29. The van der Waals surface area contributed by atoms with Crippen LogP contribution in [0.5, 0.6) is 0 Å². The molecular weight excluding hydrogens is 315 g/mol. The second-order valence-corrected chi connectivity index (χ2v) is 7.02. The number of carbonyl (C=O) groups excluding carboxylic acids is 1. The monoisotopic (exact) mass is 338 g/mol. The molecule has 3 nitrogen and oxygen atoms in total. The van der Waals surface area contributed by atoms with Gasteiger partial charge in [0, 0.05) is 24.6 Å². The van der Waals surface area contributed by atoms with Crippen molar-refractivity contribution in [2.24, 2.45) is 0 Å². The smallest absolute Gasteiger partial charge is 0.251 e. The maximum Gasteiger partial charge on any atom is 0.251 e. The van der Waals surface area contributed by atoms with Gasteiger partial charge in [-0.15, -0.1) is 0 Å². The average Bonchev–Trinajstić information content (AvgIpc) is 2.65. The number of nitrogens with one attached hydrogen (secondary N) is 2. The van der Waals surface area contributed by atoms with Crippen LogP contribution in [0, 0.1) is 5.82 Å². The van der Waals surface area contributed by atoms with E-state index in [4.69, 9.17) is 0 Å². The van der Waals surface area contributed by atoms with Crippen molar-refractivity contribution in [3.8, 4) is 0 Å². The lowest BCUT2D eigenvalue weighted by atomic mass is 9.83. The third-order valence-electron chi connectivity index (χ3n) is 5.42. The summed E-state index contributed by atoms with van der Waals surface area (Å²) in [6.07, 6.45) is 4.12. The second-order valence-electron chi connectivity index (χ2n) is 7.02. The van der Waals surface area contributed by atoms with Gasteiger partial charge in [0.15, 0.2) is 0 Å². The normalized spacial score (nSPS) is 19.0. The molecule has 1 atom stereocenters. The van der Waals surface area contributed by atoms with E-state index in [1.54, 1.807) is 0 Å². The molecule has 0 fully saturated rings. The van der Waals surface area contributed by atoms with Crippen LogP contribution >= 0.6 is 0 Å². The topological polar surface area (TPSA) is 41.1 Å². The summed E-state index contributed by atoms with van der Waals surface area (Å²) in [7, 11) is 0. The van der Waals surface area contributed by atoms with E-state index in [-0.39, 0.29) is 11.7 Å². The number of rotatable bonds is 3. The summed E-state index contributed by atoms with van der Waals surface area (Å²) in [4.78, 5) is 12.7. The Morgan fingerprint density at radius 3 is 3.00 bits per heavy atom. The largest absolute Gasteiger partial charge is 0.351 e. The Balaban J connectivity index is 1.51. The quantitative estimate of drug-likeness (QED) is 0.901. The fraction of sp³-hybridized carbons (Fsp3) is 0.381. The lowest BCUT2D eigenvalue weighted by Gasteiger charge is -2.26. The van der Waals surface area contributed by atoms with E-state index in [1.807, 2.05) is 0 Å². The molecule has 0 saturated heterocycles. The van der Waals surface area contributed by atoms with Crippen LogP contribution in [0.4, 0.5) is 4.39 Å². The Morgan fingerprint density at radius 1 is 1.20 bits per heavy atom. The minimum atomic E-state index is -0.337. The summed E-state index contributed by atoms with van der Waals surface area (Å²) >= 11 is 0. The molecule has 1 heterocycles. The molecule has 1 aliphatic carbocycles. The standard InChI is InChI=1S/C21H23FN2O/c22-17-10-16-12-23-9-8-19(16)20(11-17)21(25)24-13-15-6-3-5-14-4-1-2-7-18(14)15/h1-2,4,7,10-11,15,23H,3,5-6,8-9,12-13H2,(H,24,25). The molecular formula is C21H23FN2O. The SMILES string of the molecule is O=C(NCC1CCCc2ccccc21)c1cc(F)cc2c1CCNC2. The van der Waals surface area contributed by atoms with Crippen molar-refractivity contribution in [2.45, 2.75) is 38.1 Å². The molecule has 0 radical (unpaired) electrons. The van der Waals surface area contributed by atoms with Crippen LogP contribution in [0.2, 0.25) is 0 Å². The molecule has 2 aromatic rings. The highest BCUT2D eigenvalue weighted by molar-refractivity contribution is 5.96. The van der Waals surface area contributed by atoms with Crippen LogP contribution in [0.15, 0.2) is 36.4 Å². The van der Waals surface area contributed by atoms with E-state index in [0.717, 1.165) is 43.4 Å². The van der Waals surface area contributed by atoms with Gasteiger partial charge in [-0.25, -0.2) is 4.39 Å². The van der Waals surface area contributed by atoms with E-state index < -0.39 is 0 Å². The zero-order valence-corrected chi connectivity index (χ0v) is 14.3. The summed E-state index contributed by atoms with van der Waals surface area (Å²) in [6, 6.07) is 11.4. The van der Waals surface area contributed by atoms with Crippen LogP contribution in [0.25, 0.3) is 0 Å². The maximum atomic E-state index is 13.9. The van der Waals surface area contributed by atoms with E-state index in [2.05, 4.69) is 34.9 Å². The van der Waals surface area contributed by atoms with Crippen molar-refractivity contribution in [3.05, 3.63) is 70.0 Å². The molecule has 1 amide bonds. The molecule has 0 saturated carbocycles. The Bertz CT molecular complexity index is 802. The minimum Gasteiger partial charge on any atom is -0.351 e. The van der Waals surface area contributed by atoms with Gasteiger partial charge in [0.25, 0.3) is 5.91 Å². The Morgan fingerprint density at radius 2 is 2.08 bits per heavy atom. The van der Waals surface area contributed by atoms with E-state index in [1.165, 1.54) is 23.3 Å². The fourth-order valence-corrected chi connectivity index (χ4v) is 4.16. The number of fused-ring (bicyclic) bond motifs is 2. The summed E-state index contributed by atoms with van der Waals surface area (Å²) < 4.78 is 13.9. The highest BCUT2D eigenvalue weighted by Gasteiger charge is 2.23. The van der Waals surface area contributed by atoms with Crippen LogP contribution in [0.1, 0.15) is 51.4 Å². The van der Waals surface area contributed by atoms with Crippen LogP contribution in [0.3, 0.4) is 0 Å². The summed E-state index contributed by atoms with van der Waals surface area (Å²) in [5.74, 6) is -0.142. The van der Waals surface area contributed by atoms with Crippen molar-refractivity contribution in [1.82, 2.24) is 10.6 Å². The number of carbonyl (C=O) groups is 1. The minimum absolute atomic E-state index is 0.152. The van der Waals surface area contributed by atoms with Gasteiger partial charge in [0.1, 0.15) is 5.82 Å². The zero-order valence-electron chi connectivity index (χ0n) is 14.3. The van der Waals surface area contributed by atoms with Gasteiger partial charge >= 0.3 is 0 Å². The summed E-state index contributed by atoms with van der Waals surface area (Å²) in [5.41, 5.74) is 5.13.